The monoisotopic (exact) mass is 767 g/mol. The van der Waals surface area contributed by atoms with E-state index in [1.165, 1.54) is 292 Å². The van der Waals surface area contributed by atoms with E-state index < -0.39 is 0 Å². The second-order valence-electron chi connectivity index (χ2n) is 18.2. The fourth-order valence-corrected chi connectivity index (χ4v) is 9.06. The SMILES string of the molecule is CCCCCCCCCCCCc1cc(CCCCCCCCCCCC)c(CCCCCCCCCCCC)c(O)c1CCCCCCCCCCCC. The molecule has 1 aromatic carbocycles. The Morgan fingerprint density at radius 1 is 0.255 bits per heavy atom. The Balaban J connectivity index is 2.87. The van der Waals surface area contributed by atoms with Crippen LogP contribution in [0.15, 0.2) is 6.07 Å². The van der Waals surface area contributed by atoms with Crippen LogP contribution >= 0.6 is 0 Å². The third-order valence-electron chi connectivity index (χ3n) is 12.9. The number of hydrogen-bond acceptors (Lipinski definition) is 1. The summed E-state index contributed by atoms with van der Waals surface area (Å²) >= 11 is 0. The molecule has 0 spiro atoms. The molecule has 1 nitrogen and oxygen atoms in total. The summed E-state index contributed by atoms with van der Waals surface area (Å²) < 4.78 is 0. The summed E-state index contributed by atoms with van der Waals surface area (Å²) in [6.45, 7) is 9.26. The molecule has 1 heteroatoms. The van der Waals surface area contributed by atoms with Crippen LogP contribution in [0.3, 0.4) is 0 Å². The van der Waals surface area contributed by atoms with Gasteiger partial charge in [-0.1, -0.05) is 265 Å². The standard InChI is InChI=1S/C54H102O/c1-5-9-13-17-21-25-29-33-37-41-45-50-49-51(46-42-38-34-30-26-22-18-14-10-6-2)53(48-44-40-36-32-28-24-20-16-12-8-4)54(55)52(50)47-43-39-35-31-27-23-19-15-11-7-3/h49,55H,5-48H2,1-4H3. The van der Waals surface area contributed by atoms with Gasteiger partial charge in [0.2, 0.25) is 0 Å². The number of phenols is 1. The van der Waals surface area contributed by atoms with Crippen molar-refractivity contribution in [2.24, 2.45) is 0 Å². The number of benzene rings is 1. The van der Waals surface area contributed by atoms with Gasteiger partial charge in [-0.2, -0.15) is 0 Å². The maximum absolute atomic E-state index is 12.2. The molecule has 0 saturated heterocycles. The van der Waals surface area contributed by atoms with Crippen molar-refractivity contribution < 1.29 is 5.11 Å². The summed E-state index contributed by atoms with van der Waals surface area (Å²) in [5, 5.41) is 12.2. The predicted molar refractivity (Wildman–Crippen MR) is 250 cm³/mol. The van der Waals surface area contributed by atoms with Crippen LogP contribution < -0.4 is 0 Å². The van der Waals surface area contributed by atoms with E-state index in [0.717, 1.165) is 18.6 Å². The number of hydrogen-bond donors (Lipinski definition) is 1. The lowest BCUT2D eigenvalue weighted by Gasteiger charge is -2.20. The van der Waals surface area contributed by atoms with Crippen molar-refractivity contribution in [3.63, 3.8) is 0 Å². The highest BCUT2D eigenvalue weighted by Crippen LogP contribution is 2.35. The summed E-state index contributed by atoms with van der Waals surface area (Å²) in [7, 11) is 0. The predicted octanol–water partition coefficient (Wildman–Crippen LogP) is 19.2. The number of rotatable bonds is 44. The third kappa shape index (κ3) is 30.7. The van der Waals surface area contributed by atoms with Crippen molar-refractivity contribution >= 4 is 0 Å². The quantitative estimate of drug-likeness (QED) is 0.0656. The summed E-state index contributed by atoms with van der Waals surface area (Å²) in [5.41, 5.74) is 5.73. The molecule has 0 saturated carbocycles. The minimum absolute atomic E-state index is 0.735. The van der Waals surface area contributed by atoms with E-state index in [1.807, 2.05) is 0 Å². The maximum atomic E-state index is 12.2. The Morgan fingerprint density at radius 2 is 0.436 bits per heavy atom. The zero-order valence-electron chi connectivity index (χ0n) is 38.6. The first-order chi connectivity index (χ1) is 27.2. The lowest BCUT2D eigenvalue weighted by molar-refractivity contribution is 0.453. The second-order valence-corrected chi connectivity index (χ2v) is 18.2. The van der Waals surface area contributed by atoms with Crippen molar-refractivity contribution in [1.29, 1.82) is 0 Å². The molecular formula is C54H102O. The molecule has 0 aliphatic rings. The molecule has 0 atom stereocenters. The first kappa shape index (κ1) is 52.0. The van der Waals surface area contributed by atoms with E-state index in [2.05, 4.69) is 33.8 Å². The van der Waals surface area contributed by atoms with E-state index >= 15 is 0 Å². The normalized spacial score (nSPS) is 11.6. The fraction of sp³-hybridized carbons (Fsp3) is 0.889. The van der Waals surface area contributed by atoms with E-state index in [0.29, 0.717) is 0 Å². The molecule has 0 unspecified atom stereocenters. The van der Waals surface area contributed by atoms with E-state index in [1.54, 1.807) is 0 Å². The first-order valence-corrected chi connectivity index (χ1v) is 26.0. The Kier molecular flexibility index (Phi) is 39.0. The highest BCUT2D eigenvalue weighted by Gasteiger charge is 2.17. The van der Waals surface area contributed by atoms with Crippen molar-refractivity contribution in [3.05, 3.63) is 28.3 Å². The van der Waals surface area contributed by atoms with Crippen LogP contribution in [0.2, 0.25) is 0 Å². The van der Waals surface area contributed by atoms with Crippen LogP contribution in [0.4, 0.5) is 0 Å². The topological polar surface area (TPSA) is 20.2 Å². The van der Waals surface area contributed by atoms with Crippen LogP contribution in [0.25, 0.3) is 0 Å². The lowest BCUT2D eigenvalue weighted by atomic mass is 9.87. The van der Waals surface area contributed by atoms with Crippen molar-refractivity contribution in [1.82, 2.24) is 0 Å². The number of unbranched alkanes of at least 4 members (excludes halogenated alkanes) is 36. The summed E-state index contributed by atoms with van der Waals surface area (Å²) in [6, 6.07) is 2.64. The zero-order chi connectivity index (χ0) is 39.7. The molecule has 0 heterocycles. The van der Waals surface area contributed by atoms with E-state index in [-0.39, 0.29) is 0 Å². The van der Waals surface area contributed by atoms with Gasteiger partial charge in [-0.05, 0) is 73.6 Å². The summed E-state index contributed by atoms with van der Waals surface area (Å²) in [5.74, 6) is 0.735. The van der Waals surface area contributed by atoms with Gasteiger partial charge in [0.1, 0.15) is 5.75 Å². The molecule has 1 aromatic rings. The fourth-order valence-electron chi connectivity index (χ4n) is 9.06. The largest absolute Gasteiger partial charge is 0.507 e. The highest BCUT2D eigenvalue weighted by atomic mass is 16.3. The third-order valence-corrected chi connectivity index (χ3v) is 12.9. The smallest absolute Gasteiger partial charge is 0.122 e. The van der Waals surface area contributed by atoms with Gasteiger partial charge in [0.15, 0.2) is 0 Å². The number of aryl methyl sites for hydroxylation is 2. The van der Waals surface area contributed by atoms with Crippen LogP contribution in [0.5, 0.6) is 5.75 Å². The van der Waals surface area contributed by atoms with Gasteiger partial charge in [-0.3, -0.25) is 0 Å². The van der Waals surface area contributed by atoms with Gasteiger partial charge in [-0.15, -0.1) is 0 Å². The lowest BCUT2D eigenvalue weighted by Crippen LogP contribution is -2.05. The van der Waals surface area contributed by atoms with Gasteiger partial charge >= 0.3 is 0 Å². The minimum atomic E-state index is 0.735. The molecule has 324 valence electrons. The Morgan fingerprint density at radius 3 is 0.655 bits per heavy atom. The average Bonchev–Trinajstić information content (AvgIpc) is 3.19. The average molecular weight is 767 g/mol. The molecule has 0 amide bonds. The van der Waals surface area contributed by atoms with Crippen molar-refractivity contribution in [2.45, 2.75) is 310 Å². The van der Waals surface area contributed by atoms with Gasteiger partial charge in [0.05, 0.1) is 0 Å². The summed E-state index contributed by atoms with van der Waals surface area (Å²) in [4.78, 5) is 0. The van der Waals surface area contributed by atoms with Gasteiger partial charge in [-0.25, -0.2) is 0 Å². The van der Waals surface area contributed by atoms with Gasteiger partial charge in [0, 0.05) is 0 Å². The molecule has 55 heavy (non-hydrogen) atoms. The Labute approximate surface area is 348 Å². The number of phenolic OH excluding ortho intramolecular Hbond substituents is 1. The molecule has 0 aromatic heterocycles. The van der Waals surface area contributed by atoms with Gasteiger partial charge < -0.3 is 5.11 Å². The number of aromatic hydroxyl groups is 1. The summed E-state index contributed by atoms with van der Waals surface area (Å²) in [6.07, 6.45) is 59.8. The van der Waals surface area contributed by atoms with Gasteiger partial charge in [0.25, 0.3) is 0 Å². The van der Waals surface area contributed by atoms with Crippen LogP contribution in [-0.4, -0.2) is 5.11 Å². The maximum Gasteiger partial charge on any atom is 0.122 e. The first-order valence-electron chi connectivity index (χ1n) is 26.0. The van der Waals surface area contributed by atoms with E-state index in [4.69, 9.17) is 0 Å². The van der Waals surface area contributed by atoms with Crippen molar-refractivity contribution in [3.8, 4) is 5.75 Å². The molecule has 1 N–H and O–H groups in total. The minimum Gasteiger partial charge on any atom is -0.507 e. The van der Waals surface area contributed by atoms with Crippen LogP contribution in [0, 0.1) is 0 Å². The molecule has 1 rings (SSSR count). The zero-order valence-corrected chi connectivity index (χ0v) is 38.6. The highest BCUT2D eigenvalue weighted by molar-refractivity contribution is 5.51. The molecule has 0 bridgehead atoms. The van der Waals surface area contributed by atoms with Crippen LogP contribution in [0.1, 0.15) is 307 Å². The van der Waals surface area contributed by atoms with E-state index in [9.17, 15) is 5.11 Å². The molecule has 0 fully saturated rings. The Bertz CT molecular complexity index is 846. The molecular weight excluding hydrogens is 665 g/mol. The Hall–Kier alpha value is -0.980. The second kappa shape index (κ2) is 41.2. The molecule has 0 radical (unpaired) electrons. The molecule has 0 aliphatic heterocycles. The van der Waals surface area contributed by atoms with Crippen LogP contribution in [-0.2, 0) is 25.7 Å². The van der Waals surface area contributed by atoms with Crippen molar-refractivity contribution in [2.75, 3.05) is 0 Å². The molecule has 0 aliphatic carbocycles.